The predicted molar refractivity (Wildman–Crippen MR) is 121 cm³/mol. The maximum atomic E-state index is 13.0. The van der Waals surface area contributed by atoms with Crippen molar-refractivity contribution in [2.75, 3.05) is 31.9 Å². The molecule has 0 aliphatic rings. The zero-order valence-electron chi connectivity index (χ0n) is 18.3. The van der Waals surface area contributed by atoms with Gasteiger partial charge < -0.3 is 19.5 Å². The normalized spacial score (nSPS) is 13.1. The highest BCUT2D eigenvalue weighted by Gasteiger charge is 2.32. The van der Waals surface area contributed by atoms with Crippen molar-refractivity contribution in [2.24, 2.45) is 0 Å². The average molecular weight is 471 g/mol. The molecule has 0 heterocycles. The van der Waals surface area contributed by atoms with E-state index in [1.54, 1.807) is 37.3 Å². The summed E-state index contributed by atoms with van der Waals surface area (Å²) >= 11 is 6.07. The Morgan fingerprint density at radius 2 is 1.55 bits per heavy atom. The minimum atomic E-state index is -3.83. The van der Waals surface area contributed by atoms with Crippen LogP contribution in [-0.2, 0) is 14.8 Å². The van der Waals surface area contributed by atoms with Crippen molar-refractivity contribution in [3.05, 3.63) is 47.0 Å². The van der Waals surface area contributed by atoms with Crippen molar-refractivity contribution in [3.8, 4) is 17.2 Å². The Bertz CT molecular complexity index is 1040. The van der Waals surface area contributed by atoms with Crippen LogP contribution < -0.4 is 23.8 Å². The molecule has 0 aromatic heterocycles. The number of anilines is 1. The van der Waals surface area contributed by atoms with Crippen LogP contribution in [0.25, 0.3) is 0 Å². The third kappa shape index (κ3) is 5.74. The second-order valence-corrected chi connectivity index (χ2v) is 9.19. The molecule has 0 bridgehead atoms. The van der Waals surface area contributed by atoms with Gasteiger partial charge >= 0.3 is 0 Å². The lowest BCUT2D eigenvalue weighted by atomic mass is 10.1. The minimum absolute atomic E-state index is 0.180. The molecule has 8 nitrogen and oxygen atoms in total. The van der Waals surface area contributed by atoms with Crippen molar-refractivity contribution < 1.29 is 27.4 Å². The lowest BCUT2D eigenvalue weighted by molar-refractivity contribution is -0.122. The number of nitrogens with zero attached hydrogens (tertiary/aromatic N) is 1. The third-order valence-corrected chi connectivity index (χ3v) is 6.20. The number of hydrogen-bond donors (Lipinski definition) is 1. The topological polar surface area (TPSA) is 94.2 Å². The Kier molecular flexibility index (Phi) is 8.02. The number of rotatable bonds is 9. The molecule has 1 N–H and O–H groups in total. The van der Waals surface area contributed by atoms with Crippen LogP contribution in [0.4, 0.5) is 5.69 Å². The molecule has 31 heavy (non-hydrogen) atoms. The summed E-state index contributed by atoms with van der Waals surface area (Å²) in [5.41, 5.74) is 0.948. The van der Waals surface area contributed by atoms with E-state index in [2.05, 4.69) is 5.32 Å². The van der Waals surface area contributed by atoms with Crippen molar-refractivity contribution >= 4 is 33.2 Å². The van der Waals surface area contributed by atoms with Crippen molar-refractivity contribution in [3.63, 3.8) is 0 Å². The maximum absolute atomic E-state index is 13.0. The molecular formula is C21H27ClN2O6S. The van der Waals surface area contributed by atoms with Crippen molar-refractivity contribution in [2.45, 2.75) is 25.9 Å². The molecule has 10 heteroatoms. The minimum Gasteiger partial charge on any atom is -0.495 e. The Morgan fingerprint density at radius 3 is 2.10 bits per heavy atom. The second-order valence-electron chi connectivity index (χ2n) is 6.90. The molecule has 0 radical (unpaired) electrons. The van der Waals surface area contributed by atoms with Crippen molar-refractivity contribution in [1.82, 2.24) is 5.32 Å². The standard InChI is InChI=1S/C21H27ClN2O6S/c1-13(15-7-9-19(29-4)20(11-15)30-5)23-21(25)14(2)24(31(6,26)27)17-12-16(22)8-10-18(17)28-3/h7-14H,1-6H3,(H,23,25). The van der Waals surface area contributed by atoms with Crippen LogP contribution in [0.15, 0.2) is 36.4 Å². The molecule has 0 aliphatic carbocycles. The number of carbonyl (C=O) groups is 1. The molecular weight excluding hydrogens is 444 g/mol. The Hall–Kier alpha value is -2.65. The van der Waals surface area contributed by atoms with Crippen LogP contribution in [0.3, 0.4) is 0 Å². The molecule has 0 fully saturated rings. The third-order valence-electron chi connectivity index (χ3n) is 4.73. The number of carbonyl (C=O) groups excluding carboxylic acids is 1. The van der Waals surface area contributed by atoms with Crippen LogP contribution in [0.1, 0.15) is 25.5 Å². The van der Waals surface area contributed by atoms with Gasteiger partial charge in [0.25, 0.3) is 0 Å². The monoisotopic (exact) mass is 470 g/mol. The zero-order valence-corrected chi connectivity index (χ0v) is 19.9. The Labute approximate surface area is 188 Å². The van der Waals surface area contributed by atoms with E-state index >= 15 is 0 Å². The van der Waals surface area contributed by atoms with E-state index in [1.165, 1.54) is 34.3 Å². The molecule has 2 aromatic carbocycles. The van der Waals surface area contributed by atoms with E-state index in [1.807, 2.05) is 0 Å². The van der Waals surface area contributed by atoms with Gasteiger partial charge in [-0.05, 0) is 49.7 Å². The summed E-state index contributed by atoms with van der Waals surface area (Å²) in [6, 6.07) is 8.38. The van der Waals surface area contributed by atoms with Gasteiger partial charge in [-0.2, -0.15) is 0 Å². The lowest BCUT2D eigenvalue weighted by Gasteiger charge is -2.30. The molecule has 2 unspecified atom stereocenters. The summed E-state index contributed by atoms with van der Waals surface area (Å²) in [7, 11) is 0.639. The van der Waals surface area contributed by atoms with Gasteiger partial charge in [0.2, 0.25) is 15.9 Å². The fraction of sp³-hybridized carbons (Fsp3) is 0.381. The molecule has 170 valence electrons. The first kappa shape index (κ1) is 24.6. The first-order chi connectivity index (χ1) is 14.5. The molecule has 2 atom stereocenters. The number of halogens is 1. The second kappa shape index (κ2) is 10.1. The Morgan fingerprint density at radius 1 is 0.968 bits per heavy atom. The highest BCUT2D eigenvalue weighted by Crippen LogP contribution is 2.34. The zero-order chi connectivity index (χ0) is 23.3. The summed E-state index contributed by atoms with van der Waals surface area (Å²) < 4.78 is 42.0. The first-order valence-corrected chi connectivity index (χ1v) is 11.6. The van der Waals surface area contributed by atoms with E-state index in [0.717, 1.165) is 16.1 Å². The summed E-state index contributed by atoms with van der Waals surface area (Å²) in [5.74, 6) is 0.877. The fourth-order valence-corrected chi connectivity index (χ4v) is 4.49. The smallest absolute Gasteiger partial charge is 0.244 e. The molecule has 0 saturated heterocycles. The number of amides is 1. The van der Waals surface area contributed by atoms with Gasteiger partial charge in [-0.15, -0.1) is 0 Å². The number of hydrogen-bond acceptors (Lipinski definition) is 6. The van der Waals surface area contributed by atoms with E-state index < -0.39 is 28.0 Å². The van der Waals surface area contributed by atoms with Crippen LogP contribution in [-0.4, -0.2) is 48.0 Å². The number of methoxy groups -OCH3 is 3. The van der Waals surface area contributed by atoms with Crippen LogP contribution >= 0.6 is 11.6 Å². The quantitative estimate of drug-likeness (QED) is 0.603. The van der Waals surface area contributed by atoms with Gasteiger partial charge in [-0.3, -0.25) is 9.10 Å². The van der Waals surface area contributed by atoms with E-state index in [0.29, 0.717) is 16.5 Å². The highest BCUT2D eigenvalue weighted by atomic mass is 35.5. The average Bonchev–Trinajstić information content (AvgIpc) is 2.72. The highest BCUT2D eigenvalue weighted by molar-refractivity contribution is 7.92. The predicted octanol–water partition coefficient (Wildman–Crippen LogP) is 3.40. The van der Waals surface area contributed by atoms with Gasteiger partial charge in [0.15, 0.2) is 11.5 Å². The fourth-order valence-electron chi connectivity index (χ4n) is 3.16. The number of benzene rings is 2. The number of sulfonamides is 1. The van der Waals surface area contributed by atoms with E-state index in [-0.39, 0.29) is 11.4 Å². The van der Waals surface area contributed by atoms with Gasteiger partial charge in [-0.1, -0.05) is 17.7 Å². The summed E-state index contributed by atoms with van der Waals surface area (Å²) in [4.78, 5) is 13.0. The van der Waals surface area contributed by atoms with Crippen molar-refractivity contribution in [1.29, 1.82) is 0 Å². The van der Waals surface area contributed by atoms with Crippen LogP contribution in [0, 0.1) is 0 Å². The molecule has 0 saturated carbocycles. The lowest BCUT2D eigenvalue weighted by Crippen LogP contribution is -2.48. The molecule has 0 spiro atoms. The maximum Gasteiger partial charge on any atom is 0.244 e. The summed E-state index contributed by atoms with van der Waals surface area (Å²) in [5, 5.41) is 3.16. The summed E-state index contributed by atoms with van der Waals surface area (Å²) in [6.45, 7) is 3.29. The van der Waals surface area contributed by atoms with Gasteiger partial charge in [0.05, 0.1) is 39.3 Å². The molecule has 2 aromatic rings. The van der Waals surface area contributed by atoms with E-state index in [9.17, 15) is 13.2 Å². The number of nitrogens with one attached hydrogen (secondary N) is 1. The summed E-state index contributed by atoms with van der Waals surface area (Å²) in [6.07, 6.45) is 1.02. The van der Waals surface area contributed by atoms with E-state index in [4.69, 9.17) is 25.8 Å². The largest absolute Gasteiger partial charge is 0.495 e. The SMILES string of the molecule is COc1ccc(C(C)NC(=O)C(C)N(c2cc(Cl)ccc2OC)S(C)(=O)=O)cc1OC. The number of ether oxygens (including phenoxy) is 3. The molecule has 2 rings (SSSR count). The molecule has 0 aliphatic heterocycles. The van der Waals surface area contributed by atoms with Gasteiger partial charge in [-0.25, -0.2) is 8.42 Å². The Balaban J connectivity index is 2.34. The van der Waals surface area contributed by atoms with Gasteiger partial charge in [0, 0.05) is 5.02 Å². The van der Waals surface area contributed by atoms with Gasteiger partial charge in [0.1, 0.15) is 11.8 Å². The molecule has 1 amide bonds. The van der Waals surface area contributed by atoms with Crippen LogP contribution in [0.5, 0.6) is 17.2 Å². The van der Waals surface area contributed by atoms with Crippen LogP contribution in [0.2, 0.25) is 5.02 Å². The first-order valence-electron chi connectivity index (χ1n) is 9.38.